The van der Waals surface area contributed by atoms with Crippen LogP contribution in [0.2, 0.25) is 0 Å². The minimum atomic E-state index is 0.102. The van der Waals surface area contributed by atoms with E-state index in [1.165, 1.54) is 0 Å². The van der Waals surface area contributed by atoms with Crippen LogP contribution in [0.5, 0.6) is 0 Å². The Bertz CT molecular complexity index is 642. The molecule has 0 unspecified atom stereocenters. The molecule has 21 heavy (non-hydrogen) atoms. The summed E-state index contributed by atoms with van der Waals surface area (Å²) in [6.07, 6.45) is 0. The molecule has 1 saturated heterocycles. The maximum atomic E-state index is 12.5. The molecule has 0 saturated carbocycles. The normalized spacial score (nSPS) is 15.2. The first-order chi connectivity index (χ1) is 10.1. The van der Waals surface area contributed by atoms with Gasteiger partial charge in [-0.05, 0) is 19.1 Å². The fourth-order valence-corrected chi connectivity index (χ4v) is 3.23. The smallest absolute Gasteiger partial charge is 0.253 e. The Morgan fingerprint density at radius 2 is 2.05 bits per heavy atom. The van der Waals surface area contributed by atoms with Crippen LogP contribution in [-0.4, -0.2) is 50.2 Å². The van der Waals surface area contributed by atoms with Crippen molar-refractivity contribution in [2.45, 2.75) is 6.92 Å². The molecule has 110 valence electrons. The van der Waals surface area contributed by atoms with Gasteiger partial charge in [0.2, 0.25) is 0 Å². The third kappa shape index (κ3) is 2.95. The van der Waals surface area contributed by atoms with E-state index in [0.29, 0.717) is 11.4 Å². The second-order valence-electron chi connectivity index (χ2n) is 5.09. The van der Waals surface area contributed by atoms with Gasteiger partial charge < -0.3 is 4.90 Å². The van der Waals surface area contributed by atoms with Gasteiger partial charge in [-0.15, -0.1) is 0 Å². The summed E-state index contributed by atoms with van der Waals surface area (Å²) in [6.45, 7) is 3.57. The van der Waals surface area contributed by atoms with Crippen molar-refractivity contribution in [2.75, 3.05) is 24.6 Å². The number of benzene rings is 1. The zero-order valence-electron chi connectivity index (χ0n) is 12.2. The van der Waals surface area contributed by atoms with E-state index in [4.69, 9.17) is 0 Å². The van der Waals surface area contributed by atoms with Crippen molar-refractivity contribution in [3.8, 4) is 11.4 Å². The van der Waals surface area contributed by atoms with Gasteiger partial charge in [-0.1, -0.05) is 12.1 Å². The molecule has 5 nitrogen and oxygen atoms in total. The first kappa shape index (κ1) is 14.1. The van der Waals surface area contributed by atoms with Crippen LogP contribution in [0.4, 0.5) is 0 Å². The quantitative estimate of drug-likeness (QED) is 0.851. The average molecular weight is 302 g/mol. The molecule has 3 rings (SSSR count). The molecule has 1 fully saturated rings. The molecule has 0 bridgehead atoms. The van der Waals surface area contributed by atoms with Gasteiger partial charge in [-0.25, -0.2) is 4.98 Å². The molecule has 0 atom stereocenters. The van der Waals surface area contributed by atoms with Crippen LogP contribution in [-0.2, 0) is 7.05 Å². The lowest BCUT2D eigenvalue weighted by atomic mass is 10.1. The number of amides is 1. The molecule has 6 heteroatoms. The third-order valence-electron chi connectivity index (χ3n) is 3.65. The first-order valence-electron chi connectivity index (χ1n) is 7.00. The molecule has 2 heterocycles. The van der Waals surface area contributed by atoms with Crippen molar-refractivity contribution in [2.24, 2.45) is 7.05 Å². The van der Waals surface area contributed by atoms with Gasteiger partial charge in [-0.2, -0.15) is 16.9 Å². The molecule has 0 spiro atoms. The van der Waals surface area contributed by atoms with E-state index in [9.17, 15) is 4.79 Å². The summed E-state index contributed by atoms with van der Waals surface area (Å²) in [4.78, 5) is 18.9. The van der Waals surface area contributed by atoms with Gasteiger partial charge in [0.25, 0.3) is 5.91 Å². The third-order valence-corrected chi connectivity index (χ3v) is 4.59. The van der Waals surface area contributed by atoms with E-state index in [-0.39, 0.29) is 5.91 Å². The minimum Gasteiger partial charge on any atom is -0.337 e. The number of rotatable bonds is 2. The summed E-state index contributed by atoms with van der Waals surface area (Å²) in [7, 11) is 1.87. The summed E-state index contributed by atoms with van der Waals surface area (Å²) in [6, 6.07) is 7.59. The van der Waals surface area contributed by atoms with Crippen molar-refractivity contribution in [3.63, 3.8) is 0 Å². The monoisotopic (exact) mass is 302 g/mol. The van der Waals surface area contributed by atoms with Gasteiger partial charge in [0.05, 0.1) is 0 Å². The largest absolute Gasteiger partial charge is 0.337 e. The average Bonchev–Trinajstić information content (AvgIpc) is 2.87. The van der Waals surface area contributed by atoms with Crippen LogP contribution in [0.3, 0.4) is 0 Å². The Morgan fingerprint density at radius 1 is 1.29 bits per heavy atom. The summed E-state index contributed by atoms with van der Waals surface area (Å²) < 4.78 is 1.74. The number of aryl methyl sites for hydroxylation is 2. The van der Waals surface area contributed by atoms with Gasteiger partial charge in [-0.3, -0.25) is 9.48 Å². The topological polar surface area (TPSA) is 51.0 Å². The number of aromatic nitrogens is 3. The highest BCUT2D eigenvalue weighted by atomic mass is 32.2. The van der Waals surface area contributed by atoms with E-state index in [1.54, 1.807) is 4.68 Å². The standard InChI is InChI=1S/C15H18N4OS/c1-11-16-14(17-18(11)2)12-4-3-5-13(10-12)15(20)19-6-8-21-9-7-19/h3-5,10H,6-9H2,1-2H3. The maximum Gasteiger partial charge on any atom is 0.253 e. The summed E-state index contributed by atoms with van der Waals surface area (Å²) in [5.74, 6) is 3.66. The summed E-state index contributed by atoms with van der Waals surface area (Å²) >= 11 is 1.90. The number of hydrogen-bond acceptors (Lipinski definition) is 4. The van der Waals surface area contributed by atoms with E-state index >= 15 is 0 Å². The number of carbonyl (C=O) groups excluding carboxylic acids is 1. The molecule has 1 amide bonds. The Hall–Kier alpha value is -1.82. The predicted molar refractivity (Wildman–Crippen MR) is 84.4 cm³/mol. The first-order valence-corrected chi connectivity index (χ1v) is 8.16. The SMILES string of the molecule is Cc1nc(-c2cccc(C(=O)N3CCSCC3)c2)nn1C. The fourth-order valence-electron chi connectivity index (χ4n) is 2.33. The molecular formula is C15H18N4OS. The highest BCUT2D eigenvalue weighted by Crippen LogP contribution is 2.19. The highest BCUT2D eigenvalue weighted by Gasteiger charge is 2.19. The Labute approximate surface area is 128 Å². The zero-order valence-corrected chi connectivity index (χ0v) is 13.1. The molecule has 2 aromatic rings. The van der Waals surface area contributed by atoms with Crippen LogP contribution in [0.1, 0.15) is 16.2 Å². The molecule has 0 N–H and O–H groups in total. The lowest BCUT2D eigenvalue weighted by Gasteiger charge is -2.26. The molecule has 1 aromatic carbocycles. The minimum absolute atomic E-state index is 0.102. The van der Waals surface area contributed by atoms with Crippen molar-refractivity contribution < 1.29 is 4.79 Å². The highest BCUT2D eigenvalue weighted by molar-refractivity contribution is 7.99. The van der Waals surface area contributed by atoms with E-state index in [1.807, 2.05) is 54.9 Å². The Balaban J connectivity index is 1.87. The molecular weight excluding hydrogens is 284 g/mol. The summed E-state index contributed by atoms with van der Waals surface area (Å²) in [5.41, 5.74) is 1.60. The van der Waals surface area contributed by atoms with E-state index in [2.05, 4.69) is 10.1 Å². The van der Waals surface area contributed by atoms with Crippen LogP contribution in [0, 0.1) is 6.92 Å². The lowest BCUT2D eigenvalue weighted by Crippen LogP contribution is -2.37. The maximum absolute atomic E-state index is 12.5. The van der Waals surface area contributed by atoms with Gasteiger partial charge in [0.15, 0.2) is 5.82 Å². The number of carbonyl (C=O) groups is 1. The van der Waals surface area contributed by atoms with Gasteiger partial charge >= 0.3 is 0 Å². The van der Waals surface area contributed by atoms with E-state index in [0.717, 1.165) is 36.0 Å². The zero-order chi connectivity index (χ0) is 14.8. The number of nitrogens with zero attached hydrogens (tertiary/aromatic N) is 4. The second-order valence-corrected chi connectivity index (χ2v) is 6.32. The molecule has 1 aromatic heterocycles. The summed E-state index contributed by atoms with van der Waals surface area (Å²) in [5, 5.41) is 4.37. The number of hydrogen-bond donors (Lipinski definition) is 0. The Morgan fingerprint density at radius 3 is 2.71 bits per heavy atom. The predicted octanol–water partition coefficient (Wildman–Crippen LogP) is 1.98. The molecule has 0 radical (unpaired) electrons. The second kappa shape index (κ2) is 5.89. The van der Waals surface area contributed by atoms with Crippen LogP contribution < -0.4 is 0 Å². The Kier molecular flexibility index (Phi) is 3.96. The fraction of sp³-hybridized carbons (Fsp3) is 0.400. The van der Waals surface area contributed by atoms with Gasteiger partial charge in [0, 0.05) is 42.8 Å². The van der Waals surface area contributed by atoms with Crippen molar-refractivity contribution in [1.82, 2.24) is 19.7 Å². The van der Waals surface area contributed by atoms with Crippen LogP contribution >= 0.6 is 11.8 Å². The lowest BCUT2D eigenvalue weighted by molar-refractivity contribution is 0.0772. The van der Waals surface area contributed by atoms with Crippen LogP contribution in [0.15, 0.2) is 24.3 Å². The van der Waals surface area contributed by atoms with Crippen LogP contribution in [0.25, 0.3) is 11.4 Å². The van der Waals surface area contributed by atoms with E-state index < -0.39 is 0 Å². The van der Waals surface area contributed by atoms with Gasteiger partial charge in [0.1, 0.15) is 5.82 Å². The molecule has 0 aliphatic carbocycles. The van der Waals surface area contributed by atoms with Crippen molar-refractivity contribution in [3.05, 3.63) is 35.7 Å². The number of thioether (sulfide) groups is 1. The molecule has 1 aliphatic rings. The van der Waals surface area contributed by atoms with Crippen molar-refractivity contribution >= 4 is 17.7 Å². The van der Waals surface area contributed by atoms with Crippen molar-refractivity contribution in [1.29, 1.82) is 0 Å². The molecule has 1 aliphatic heterocycles.